The highest BCUT2D eigenvalue weighted by Gasteiger charge is 2.26. The summed E-state index contributed by atoms with van der Waals surface area (Å²) in [5.41, 5.74) is 2.26. The van der Waals surface area contributed by atoms with E-state index in [1.807, 2.05) is 0 Å². The van der Waals surface area contributed by atoms with Gasteiger partial charge < -0.3 is 14.1 Å². The molecule has 1 amide bonds. The first-order valence-electron chi connectivity index (χ1n) is 8.88. The van der Waals surface area contributed by atoms with Crippen LogP contribution in [0.25, 0.3) is 0 Å². The SMILES string of the molecule is COC1CCN(Cc2nc(C(=O)N3CCc4ccc(F)cc4C3)co2)C1. The zero-order valence-corrected chi connectivity index (χ0v) is 14.8. The van der Waals surface area contributed by atoms with Crippen LogP contribution in [0.2, 0.25) is 0 Å². The van der Waals surface area contributed by atoms with Crippen molar-refractivity contribution in [2.24, 2.45) is 0 Å². The molecule has 26 heavy (non-hydrogen) atoms. The molecule has 0 bridgehead atoms. The summed E-state index contributed by atoms with van der Waals surface area (Å²) in [7, 11) is 1.72. The van der Waals surface area contributed by atoms with Crippen LogP contribution in [0.5, 0.6) is 0 Å². The Kier molecular flexibility index (Phi) is 4.74. The van der Waals surface area contributed by atoms with Crippen LogP contribution in [0.4, 0.5) is 4.39 Å². The Labute approximate surface area is 151 Å². The van der Waals surface area contributed by atoms with E-state index in [1.165, 1.54) is 18.4 Å². The second-order valence-corrected chi connectivity index (χ2v) is 6.90. The van der Waals surface area contributed by atoms with E-state index in [9.17, 15) is 9.18 Å². The van der Waals surface area contributed by atoms with E-state index in [0.717, 1.165) is 37.1 Å². The quantitative estimate of drug-likeness (QED) is 0.838. The van der Waals surface area contributed by atoms with Gasteiger partial charge in [-0.2, -0.15) is 0 Å². The maximum absolute atomic E-state index is 13.5. The summed E-state index contributed by atoms with van der Waals surface area (Å²) < 4.78 is 24.3. The zero-order valence-electron chi connectivity index (χ0n) is 14.8. The van der Waals surface area contributed by atoms with Gasteiger partial charge in [-0.05, 0) is 36.1 Å². The number of ether oxygens (including phenoxy) is 1. The van der Waals surface area contributed by atoms with Gasteiger partial charge in [0.1, 0.15) is 12.1 Å². The number of likely N-dealkylation sites (tertiary alicyclic amines) is 1. The minimum atomic E-state index is -0.276. The van der Waals surface area contributed by atoms with Crippen molar-refractivity contribution in [1.82, 2.24) is 14.8 Å². The monoisotopic (exact) mass is 359 g/mol. The Hall–Kier alpha value is -2.25. The summed E-state index contributed by atoms with van der Waals surface area (Å²) in [5, 5.41) is 0. The van der Waals surface area contributed by atoms with E-state index in [0.29, 0.717) is 31.2 Å². The fraction of sp³-hybridized carbons (Fsp3) is 0.474. The average molecular weight is 359 g/mol. The number of methoxy groups -OCH3 is 1. The van der Waals surface area contributed by atoms with Crippen molar-refractivity contribution in [2.45, 2.75) is 32.0 Å². The molecule has 3 heterocycles. The van der Waals surface area contributed by atoms with Crippen molar-refractivity contribution in [3.8, 4) is 0 Å². The molecule has 1 saturated heterocycles. The number of nitrogens with zero attached hydrogens (tertiary/aromatic N) is 3. The molecule has 0 spiro atoms. The summed E-state index contributed by atoms with van der Waals surface area (Å²) in [6, 6.07) is 4.76. The van der Waals surface area contributed by atoms with E-state index < -0.39 is 0 Å². The van der Waals surface area contributed by atoms with Crippen molar-refractivity contribution in [2.75, 3.05) is 26.7 Å². The largest absolute Gasteiger partial charge is 0.447 e. The molecule has 0 radical (unpaired) electrons. The molecule has 2 aliphatic rings. The van der Waals surface area contributed by atoms with Crippen LogP contribution < -0.4 is 0 Å². The average Bonchev–Trinajstić information content (AvgIpc) is 3.30. The third-order valence-electron chi connectivity index (χ3n) is 5.16. The number of aromatic nitrogens is 1. The molecule has 6 nitrogen and oxygen atoms in total. The number of carbonyl (C=O) groups is 1. The van der Waals surface area contributed by atoms with E-state index in [-0.39, 0.29) is 17.8 Å². The topological polar surface area (TPSA) is 58.8 Å². The van der Waals surface area contributed by atoms with Crippen molar-refractivity contribution in [3.05, 3.63) is 53.0 Å². The molecule has 7 heteroatoms. The number of hydrogen-bond donors (Lipinski definition) is 0. The lowest BCUT2D eigenvalue weighted by atomic mass is 9.99. The number of carbonyl (C=O) groups excluding carboxylic acids is 1. The van der Waals surface area contributed by atoms with E-state index >= 15 is 0 Å². The maximum atomic E-state index is 13.5. The molecule has 2 aliphatic heterocycles. The molecule has 1 fully saturated rings. The van der Waals surface area contributed by atoms with Crippen LogP contribution in [-0.2, 0) is 24.2 Å². The molecule has 1 atom stereocenters. The highest BCUT2D eigenvalue weighted by molar-refractivity contribution is 5.92. The third-order valence-corrected chi connectivity index (χ3v) is 5.16. The van der Waals surface area contributed by atoms with Gasteiger partial charge in [-0.1, -0.05) is 6.07 Å². The fourth-order valence-corrected chi connectivity index (χ4v) is 3.67. The highest BCUT2D eigenvalue weighted by Crippen LogP contribution is 2.22. The van der Waals surface area contributed by atoms with Gasteiger partial charge in [-0.25, -0.2) is 9.37 Å². The first kappa shape index (κ1) is 17.2. The summed E-state index contributed by atoms with van der Waals surface area (Å²) >= 11 is 0. The number of amides is 1. The normalized spacial score (nSPS) is 20.4. The van der Waals surface area contributed by atoms with Crippen LogP contribution >= 0.6 is 0 Å². The van der Waals surface area contributed by atoms with Crippen molar-refractivity contribution < 1.29 is 18.3 Å². The van der Waals surface area contributed by atoms with Gasteiger partial charge in [0.05, 0.1) is 12.6 Å². The predicted molar refractivity (Wildman–Crippen MR) is 92.0 cm³/mol. The van der Waals surface area contributed by atoms with E-state index in [4.69, 9.17) is 9.15 Å². The minimum absolute atomic E-state index is 0.175. The Morgan fingerprint density at radius 1 is 1.38 bits per heavy atom. The van der Waals surface area contributed by atoms with E-state index in [2.05, 4.69) is 9.88 Å². The first-order chi connectivity index (χ1) is 12.6. The zero-order chi connectivity index (χ0) is 18.1. The summed E-state index contributed by atoms with van der Waals surface area (Å²) in [6.07, 6.45) is 3.38. The van der Waals surface area contributed by atoms with Gasteiger partial charge in [0, 0.05) is 33.3 Å². The number of fused-ring (bicyclic) bond motifs is 1. The van der Waals surface area contributed by atoms with Gasteiger partial charge in [0.15, 0.2) is 5.69 Å². The standard InChI is InChI=1S/C19H22FN3O3/c1-25-16-5-6-22(10-16)11-18-21-17(12-26-18)19(24)23-7-4-13-2-3-15(20)8-14(13)9-23/h2-3,8,12,16H,4-7,9-11H2,1H3. The molecule has 0 N–H and O–H groups in total. The van der Waals surface area contributed by atoms with Gasteiger partial charge in [0.2, 0.25) is 5.89 Å². The minimum Gasteiger partial charge on any atom is -0.447 e. The van der Waals surface area contributed by atoms with Gasteiger partial charge in [-0.3, -0.25) is 9.69 Å². The second kappa shape index (κ2) is 7.17. The summed E-state index contributed by atoms with van der Waals surface area (Å²) in [4.78, 5) is 21.0. The number of hydrogen-bond acceptors (Lipinski definition) is 5. The number of halogens is 1. The lowest BCUT2D eigenvalue weighted by Crippen LogP contribution is -2.36. The van der Waals surface area contributed by atoms with Crippen LogP contribution in [0, 0.1) is 5.82 Å². The van der Waals surface area contributed by atoms with Crippen LogP contribution in [0.3, 0.4) is 0 Å². The van der Waals surface area contributed by atoms with Crippen LogP contribution in [0.1, 0.15) is 33.9 Å². The molecular formula is C19H22FN3O3. The molecule has 1 unspecified atom stereocenters. The molecule has 138 valence electrons. The highest BCUT2D eigenvalue weighted by atomic mass is 19.1. The molecular weight excluding hydrogens is 337 g/mol. The summed E-state index contributed by atoms with van der Waals surface area (Å²) in [5.74, 6) is 0.0846. The first-order valence-corrected chi connectivity index (χ1v) is 8.88. The Balaban J connectivity index is 1.41. The molecule has 4 rings (SSSR count). The number of benzene rings is 1. The molecule has 1 aromatic heterocycles. The summed E-state index contributed by atoms with van der Waals surface area (Å²) in [6.45, 7) is 3.34. The maximum Gasteiger partial charge on any atom is 0.276 e. The number of oxazole rings is 1. The second-order valence-electron chi connectivity index (χ2n) is 6.90. The molecule has 2 aromatic rings. The van der Waals surface area contributed by atoms with E-state index in [1.54, 1.807) is 18.1 Å². The molecule has 0 aliphatic carbocycles. The van der Waals surface area contributed by atoms with Crippen molar-refractivity contribution in [1.29, 1.82) is 0 Å². The fourth-order valence-electron chi connectivity index (χ4n) is 3.67. The Morgan fingerprint density at radius 3 is 3.08 bits per heavy atom. The van der Waals surface area contributed by atoms with Crippen molar-refractivity contribution >= 4 is 5.91 Å². The van der Waals surface area contributed by atoms with Gasteiger partial charge in [-0.15, -0.1) is 0 Å². The van der Waals surface area contributed by atoms with Gasteiger partial charge >= 0.3 is 0 Å². The Morgan fingerprint density at radius 2 is 2.27 bits per heavy atom. The lowest BCUT2D eigenvalue weighted by Gasteiger charge is -2.28. The van der Waals surface area contributed by atoms with Crippen LogP contribution in [0.15, 0.2) is 28.9 Å². The predicted octanol–water partition coefficient (Wildman–Crippen LogP) is 2.23. The van der Waals surface area contributed by atoms with Gasteiger partial charge in [0.25, 0.3) is 5.91 Å². The smallest absolute Gasteiger partial charge is 0.276 e. The molecule has 1 aromatic carbocycles. The van der Waals surface area contributed by atoms with Crippen molar-refractivity contribution in [3.63, 3.8) is 0 Å². The van der Waals surface area contributed by atoms with Crippen LogP contribution in [-0.4, -0.2) is 53.5 Å². The lowest BCUT2D eigenvalue weighted by molar-refractivity contribution is 0.0728. The number of rotatable bonds is 4. The molecule has 0 saturated carbocycles. The Bertz CT molecular complexity index is 807. The third kappa shape index (κ3) is 3.50.